The molecular weight excluding hydrogens is 200 g/mol. The first-order chi connectivity index (χ1) is 7.83. The van der Waals surface area contributed by atoms with E-state index >= 15 is 0 Å². The van der Waals surface area contributed by atoms with Crippen molar-refractivity contribution in [3.05, 3.63) is 42.1 Å². The molecule has 16 heavy (non-hydrogen) atoms. The molecule has 4 N–H and O–H groups in total. The summed E-state index contributed by atoms with van der Waals surface area (Å²) in [4.78, 5) is 4.32. The van der Waals surface area contributed by atoms with Gasteiger partial charge in [-0.1, -0.05) is 6.07 Å². The fourth-order valence-electron chi connectivity index (χ4n) is 1.83. The maximum Gasteiger partial charge on any atom is 0.135 e. The molecule has 0 amide bonds. The third-order valence-electron chi connectivity index (χ3n) is 2.66. The number of nitrogens with two attached hydrogens (primary N) is 1. The van der Waals surface area contributed by atoms with Gasteiger partial charge in [-0.3, -0.25) is 0 Å². The molecule has 1 aromatic carbocycles. The van der Waals surface area contributed by atoms with Gasteiger partial charge in [-0.05, 0) is 24.3 Å². The van der Waals surface area contributed by atoms with Crippen LogP contribution in [-0.2, 0) is 6.54 Å². The van der Waals surface area contributed by atoms with Crippen LogP contribution in [0.2, 0.25) is 0 Å². The molecule has 80 valence electrons. The Morgan fingerprint density at radius 2 is 2.12 bits per heavy atom. The standard InChI is InChI=1S/C12H12N4/c13-9-3-4-10-11(6-9)15-7-8-2-1-5-14-12(8)16-10/h1-6,15H,7,13H2,(H,14,16). The van der Waals surface area contributed by atoms with E-state index in [1.807, 2.05) is 24.3 Å². The summed E-state index contributed by atoms with van der Waals surface area (Å²) in [7, 11) is 0. The Hall–Kier alpha value is -2.23. The molecule has 4 heteroatoms. The van der Waals surface area contributed by atoms with Crippen molar-refractivity contribution >= 4 is 22.9 Å². The zero-order valence-electron chi connectivity index (χ0n) is 8.70. The van der Waals surface area contributed by atoms with Crippen molar-refractivity contribution in [2.24, 2.45) is 0 Å². The Kier molecular flexibility index (Phi) is 1.93. The number of hydrogen-bond acceptors (Lipinski definition) is 4. The molecule has 0 saturated heterocycles. The number of fused-ring (bicyclic) bond motifs is 2. The van der Waals surface area contributed by atoms with Gasteiger partial charge in [0.2, 0.25) is 0 Å². The maximum absolute atomic E-state index is 5.75. The van der Waals surface area contributed by atoms with Crippen molar-refractivity contribution < 1.29 is 0 Å². The topological polar surface area (TPSA) is 63.0 Å². The van der Waals surface area contributed by atoms with Crippen LogP contribution in [-0.4, -0.2) is 4.98 Å². The summed E-state index contributed by atoms with van der Waals surface area (Å²) in [6, 6.07) is 9.75. The largest absolute Gasteiger partial charge is 0.399 e. The number of nitrogens with zero attached hydrogens (tertiary/aromatic N) is 1. The number of nitrogen functional groups attached to an aromatic ring is 1. The van der Waals surface area contributed by atoms with Gasteiger partial charge in [0.05, 0.1) is 11.4 Å². The van der Waals surface area contributed by atoms with E-state index in [2.05, 4.69) is 21.7 Å². The van der Waals surface area contributed by atoms with Crippen LogP contribution in [0.1, 0.15) is 5.56 Å². The lowest BCUT2D eigenvalue weighted by Gasteiger charge is -2.08. The average Bonchev–Trinajstić information content (AvgIpc) is 2.48. The summed E-state index contributed by atoms with van der Waals surface area (Å²) in [6.07, 6.45) is 1.79. The lowest BCUT2D eigenvalue weighted by molar-refractivity contribution is 1.14. The molecule has 2 aromatic rings. The van der Waals surface area contributed by atoms with Crippen LogP contribution < -0.4 is 16.4 Å². The van der Waals surface area contributed by atoms with Crippen LogP contribution in [0.3, 0.4) is 0 Å². The van der Waals surface area contributed by atoms with Crippen molar-refractivity contribution in [2.75, 3.05) is 16.4 Å². The monoisotopic (exact) mass is 212 g/mol. The molecule has 1 aliphatic heterocycles. The van der Waals surface area contributed by atoms with Crippen molar-refractivity contribution in [3.8, 4) is 0 Å². The number of pyridine rings is 1. The minimum atomic E-state index is 0.756. The van der Waals surface area contributed by atoms with Crippen molar-refractivity contribution in [1.29, 1.82) is 0 Å². The lowest BCUT2D eigenvalue weighted by Crippen LogP contribution is -1.98. The Balaban J connectivity index is 2.08. The molecule has 0 radical (unpaired) electrons. The molecule has 3 rings (SSSR count). The van der Waals surface area contributed by atoms with E-state index in [1.165, 1.54) is 0 Å². The van der Waals surface area contributed by atoms with Gasteiger partial charge in [-0.25, -0.2) is 4.98 Å². The molecule has 1 aliphatic rings. The van der Waals surface area contributed by atoms with E-state index in [0.717, 1.165) is 35.0 Å². The van der Waals surface area contributed by atoms with E-state index in [9.17, 15) is 0 Å². The second-order valence-electron chi connectivity index (χ2n) is 3.79. The summed E-state index contributed by atoms with van der Waals surface area (Å²) in [6.45, 7) is 0.757. The molecule has 0 unspecified atom stereocenters. The second kappa shape index (κ2) is 3.41. The Morgan fingerprint density at radius 3 is 3.06 bits per heavy atom. The highest BCUT2D eigenvalue weighted by Crippen LogP contribution is 2.31. The predicted octanol–water partition coefficient (Wildman–Crippen LogP) is 2.33. The number of hydrogen-bond donors (Lipinski definition) is 3. The molecule has 0 spiro atoms. The van der Waals surface area contributed by atoms with Gasteiger partial charge in [0.25, 0.3) is 0 Å². The molecule has 4 nitrogen and oxygen atoms in total. The summed E-state index contributed by atoms with van der Waals surface area (Å²) < 4.78 is 0. The van der Waals surface area contributed by atoms with Crippen LogP contribution in [0.25, 0.3) is 0 Å². The molecule has 0 aliphatic carbocycles. The first-order valence-corrected chi connectivity index (χ1v) is 5.17. The van der Waals surface area contributed by atoms with Crippen LogP contribution in [0.4, 0.5) is 22.9 Å². The fraction of sp³-hybridized carbons (Fsp3) is 0.0833. The molecule has 0 bridgehead atoms. The van der Waals surface area contributed by atoms with Crippen molar-refractivity contribution in [1.82, 2.24) is 4.98 Å². The van der Waals surface area contributed by atoms with Crippen LogP contribution in [0, 0.1) is 0 Å². The third kappa shape index (κ3) is 1.44. The van der Waals surface area contributed by atoms with Crippen molar-refractivity contribution in [3.63, 3.8) is 0 Å². The zero-order valence-corrected chi connectivity index (χ0v) is 8.70. The van der Waals surface area contributed by atoms with Gasteiger partial charge in [-0.2, -0.15) is 0 Å². The van der Waals surface area contributed by atoms with Gasteiger partial charge in [0.15, 0.2) is 0 Å². The quantitative estimate of drug-likeness (QED) is 0.586. The summed E-state index contributed by atoms with van der Waals surface area (Å²) >= 11 is 0. The Morgan fingerprint density at radius 1 is 1.19 bits per heavy atom. The number of anilines is 4. The summed E-state index contributed by atoms with van der Waals surface area (Å²) in [5.41, 5.74) is 9.68. The van der Waals surface area contributed by atoms with E-state index in [0.29, 0.717) is 0 Å². The minimum absolute atomic E-state index is 0.756. The second-order valence-corrected chi connectivity index (χ2v) is 3.79. The lowest BCUT2D eigenvalue weighted by atomic mass is 10.2. The smallest absolute Gasteiger partial charge is 0.135 e. The molecule has 0 fully saturated rings. The van der Waals surface area contributed by atoms with Gasteiger partial charge >= 0.3 is 0 Å². The first kappa shape index (κ1) is 9.03. The van der Waals surface area contributed by atoms with Crippen LogP contribution in [0.5, 0.6) is 0 Å². The fourth-order valence-corrected chi connectivity index (χ4v) is 1.83. The maximum atomic E-state index is 5.75. The van der Waals surface area contributed by atoms with Gasteiger partial charge in [0, 0.05) is 24.0 Å². The van der Waals surface area contributed by atoms with Gasteiger partial charge < -0.3 is 16.4 Å². The predicted molar refractivity (Wildman–Crippen MR) is 65.7 cm³/mol. The van der Waals surface area contributed by atoms with E-state index in [-0.39, 0.29) is 0 Å². The Labute approximate surface area is 93.5 Å². The normalized spacial score (nSPS) is 12.8. The van der Waals surface area contributed by atoms with E-state index in [1.54, 1.807) is 6.20 Å². The van der Waals surface area contributed by atoms with Gasteiger partial charge in [0.1, 0.15) is 5.82 Å². The number of benzene rings is 1. The highest BCUT2D eigenvalue weighted by molar-refractivity contribution is 5.79. The zero-order chi connectivity index (χ0) is 11.0. The highest BCUT2D eigenvalue weighted by atomic mass is 15.0. The number of aromatic nitrogens is 1. The summed E-state index contributed by atoms with van der Waals surface area (Å²) in [5, 5.41) is 6.64. The molecule has 2 heterocycles. The van der Waals surface area contributed by atoms with Gasteiger partial charge in [-0.15, -0.1) is 0 Å². The van der Waals surface area contributed by atoms with Crippen molar-refractivity contribution in [2.45, 2.75) is 6.54 Å². The molecule has 0 atom stereocenters. The Bertz CT molecular complexity index is 536. The third-order valence-corrected chi connectivity index (χ3v) is 2.66. The van der Waals surface area contributed by atoms with Crippen LogP contribution >= 0.6 is 0 Å². The molecule has 1 aromatic heterocycles. The average molecular weight is 212 g/mol. The van der Waals surface area contributed by atoms with E-state index < -0.39 is 0 Å². The van der Waals surface area contributed by atoms with E-state index in [4.69, 9.17) is 5.73 Å². The molecule has 0 saturated carbocycles. The highest BCUT2D eigenvalue weighted by Gasteiger charge is 2.12. The summed E-state index contributed by atoms with van der Waals surface area (Å²) in [5.74, 6) is 0.901. The number of rotatable bonds is 0. The van der Waals surface area contributed by atoms with Crippen LogP contribution in [0.15, 0.2) is 36.5 Å². The minimum Gasteiger partial charge on any atom is -0.399 e. The molecular formula is C12H12N4. The first-order valence-electron chi connectivity index (χ1n) is 5.17. The SMILES string of the molecule is Nc1ccc2c(c1)NCc1cccnc1N2. The number of nitrogens with one attached hydrogen (secondary N) is 2.